The summed E-state index contributed by atoms with van der Waals surface area (Å²) in [5, 5.41) is 9.15. The van der Waals surface area contributed by atoms with Crippen LogP contribution in [0.15, 0.2) is 67.3 Å². The minimum absolute atomic E-state index is 0.0918. The predicted octanol–water partition coefficient (Wildman–Crippen LogP) is 7.89. The van der Waals surface area contributed by atoms with E-state index in [0.717, 1.165) is 36.0 Å². The van der Waals surface area contributed by atoms with Crippen molar-refractivity contribution in [3.8, 4) is 0 Å². The van der Waals surface area contributed by atoms with Crippen LogP contribution in [0.4, 0.5) is 0 Å². The van der Waals surface area contributed by atoms with Gasteiger partial charge in [-0.1, -0.05) is 83.7 Å². The Morgan fingerprint density at radius 2 is 1.65 bits per heavy atom. The molecule has 0 saturated heterocycles. The van der Waals surface area contributed by atoms with E-state index in [4.69, 9.17) is 5.11 Å². The zero-order valence-electron chi connectivity index (χ0n) is 19.5. The molecule has 2 heteroatoms. The van der Waals surface area contributed by atoms with E-state index in [0.29, 0.717) is 0 Å². The fourth-order valence-corrected chi connectivity index (χ4v) is 4.06. The van der Waals surface area contributed by atoms with Crippen LogP contribution in [0.25, 0.3) is 11.1 Å². The molecule has 0 spiro atoms. The van der Waals surface area contributed by atoms with Crippen LogP contribution in [0.3, 0.4) is 0 Å². The van der Waals surface area contributed by atoms with Crippen molar-refractivity contribution in [1.82, 2.24) is 0 Å². The number of carbonyl (C=O) groups is 1. The van der Waals surface area contributed by atoms with Gasteiger partial charge in [0.25, 0.3) is 0 Å². The van der Waals surface area contributed by atoms with Crippen molar-refractivity contribution < 1.29 is 9.90 Å². The molecule has 0 radical (unpaired) electrons. The van der Waals surface area contributed by atoms with E-state index in [2.05, 4.69) is 77.6 Å². The number of hydrogen-bond donors (Lipinski definition) is 1. The molecule has 0 amide bonds. The number of carboxylic acid groups (broad SMARTS) is 1. The second-order valence-electron chi connectivity index (χ2n) is 9.56. The average molecular weight is 415 g/mol. The molecule has 1 N–H and O–H groups in total. The molecule has 1 aliphatic carbocycles. The summed E-state index contributed by atoms with van der Waals surface area (Å²) < 4.78 is 0. The van der Waals surface area contributed by atoms with Crippen molar-refractivity contribution in [2.24, 2.45) is 5.41 Å². The lowest BCUT2D eigenvalue weighted by Crippen LogP contribution is -2.21. The molecule has 2 aromatic rings. The fraction of sp³-hybridized carbons (Fsp3) is 0.345. The van der Waals surface area contributed by atoms with Gasteiger partial charge < -0.3 is 5.11 Å². The Hall–Kier alpha value is -2.87. The topological polar surface area (TPSA) is 37.3 Å². The Labute approximate surface area is 187 Å². The molecule has 1 aliphatic rings. The molecule has 0 heterocycles. The zero-order chi connectivity index (χ0) is 22.8. The first-order valence-electron chi connectivity index (χ1n) is 11.2. The minimum atomic E-state index is -0.916. The second kappa shape index (κ2) is 8.70. The molecule has 162 valence electrons. The molecule has 0 aromatic heterocycles. The van der Waals surface area contributed by atoms with Crippen LogP contribution in [0.1, 0.15) is 86.5 Å². The number of fused-ring (bicyclic) bond motifs is 1. The average Bonchev–Trinajstić information content (AvgIpc) is 2.77. The SMILES string of the molecule is C=C(c1ccc(C(=O)O)cc1)c1ccc2c(c1)C(C=CC(C)(CC)CC)=CCC2(C)C. The summed E-state index contributed by atoms with van der Waals surface area (Å²) in [5.74, 6) is -0.916. The predicted molar refractivity (Wildman–Crippen MR) is 131 cm³/mol. The number of allylic oxidation sites excluding steroid dienone is 4. The molecule has 31 heavy (non-hydrogen) atoms. The van der Waals surface area contributed by atoms with Gasteiger partial charge in [0.15, 0.2) is 0 Å². The van der Waals surface area contributed by atoms with Gasteiger partial charge in [0.1, 0.15) is 0 Å². The number of rotatable bonds is 7. The second-order valence-corrected chi connectivity index (χ2v) is 9.56. The van der Waals surface area contributed by atoms with E-state index in [9.17, 15) is 4.79 Å². The van der Waals surface area contributed by atoms with Crippen molar-refractivity contribution >= 4 is 17.1 Å². The van der Waals surface area contributed by atoms with E-state index in [-0.39, 0.29) is 16.4 Å². The number of aromatic carboxylic acids is 1. The highest BCUT2D eigenvalue weighted by molar-refractivity contribution is 5.89. The molecule has 0 fully saturated rings. The Kier molecular flexibility index (Phi) is 6.40. The van der Waals surface area contributed by atoms with Gasteiger partial charge in [0.05, 0.1) is 5.56 Å². The molecule has 0 saturated carbocycles. The maximum absolute atomic E-state index is 11.1. The fourth-order valence-electron chi connectivity index (χ4n) is 4.06. The minimum Gasteiger partial charge on any atom is -0.478 e. The summed E-state index contributed by atoms with van der Waals surface area (Å²) >= 11 is 0. The van der Waals surface area contributed by atoms with Crippen LogP contribution in [-0.2, 0) is 5.41 Å². The molecular weight excluding hydrogens is 380 g/mol. The van der Waals surface area contributed by atoms with Gasteiger partial charge in [-0.25, -0.2) is 4.79 Å². The Bertz CT molecular complexity index is 1040. The summed E-state index contributed by atoms with van der Waals surface area (Å²) in [7, 11) is 0. The third kappa shape index (κ3) is 4.74. The first kappa shape index (κ1) is 22.8. The normalized spacial score (nSPS) is 15.5. The molecule has 0 bridgehead atoms. The molecule has 0 atom stereocenters. The van der Waals surface area contributed by atoms with Crippen LogP contribution >= 0.6 is 0 Å². The van der Waals surface area contributed by atoms with E-state index >= 15 is 0 Å². The highest BCUT2D eigenvalue weighted by atomic mass is 16.4. The van der Waals surface area contributed by atoms with E-state index in [1.54, 1.807) is 12.1 Å². The lowest BCUT2D eigenvalue weighted by molar-refractivity contribution is 0.0697. The summed E-state index contributed by atoms with van der Waals surface area (Å²) in [5.41, 5.74) is 7.39. The van der Waals surface area contributed by atoms with Gasteiger partial charge in [0.2, 0.25) is 0 Å². The maximum atomic E-state index is 11.1. The highest BCUT2D eigenvalue weighted by Gasteiger charge is 2.28. The van der Waals surface area contributed by atoms with Crippen molar-refractivity contribution in [2.45, 2.75) is 59.3 Å². The number of hydrogen-bond acceptors (Lipinski definition) is 1. The third-order valence-electron chi connectivity index (χ3n) is 7.00. The molecular formula is C29H34O2. The van der Waals surface area contributed by atoms with Gasteiger partial charge in [-0.15, -0.1) is 0 Å². The van der Waals surface area contributed by atoms with Crippen molar-refractivity contribution in [2.75, 3.05) is 0 Å². The standard InChI is InChI=1S/C29H34O2/c1-7-29(6,8-2)18-16-22-15-17-28(4,5)26-14-13-24(19-25(22)26)20(3)21-9-11-23(12-10-21)27(30)31/h9-16,18-19H,3,7-8,17H2,1-2,4-6H3,(H,30,31). The van der Waals surface area contributed by atoms with Gasteiger partial charge in [-0.3, -0.25) is 0 Å². The lowest BCUT2D eigenvalue weighted by atomic mass is 9.72. The highest BCUT2D eigenvalue weighted by Crippen LogP contribution is 2.41. The molecule has 2 nitrogen and oxygen atoms in total. The van der Waals surface area contributed by atoms with Crippen LogP contribution < -0.4 is 0 Å². The smallest absolute Gasteiger partial charge is 0.335 e. The first-order chi connectivity index (χ1) is 14.6. The summed E-state index contributed by atoms with van der Waals surface area (Å²) in [4.78, 5) is 11.1. The molecule has 0 unspecified atom stereocenters. The van der Waals surface area contributed by atoms with Crippen LogP contribution in [0.5, 0.6) is 0 Å². The Morgan fingerprint density at radius 1 is 1.06 bits per heavy atom. The Morgan fingerprint density at radius 3 is 2.23 bits per heavy atom. The molecule has 2 aromatic carbocycles. The Balaban J connectivity index is 2.00. The van der Waals surface area contributed by atoms with E-state index < -0.39 is 5.97 Å². The summed E-state index contributed by atoms with van der Waals surface area (Å²) in [6, 6.07) is 13.6. The van der Waals surface area contributed by atoms with Gasteiger partial charge in [-0.2, -0.15) is 0 Å². The van der Waals surface area contributed by atoms with E-state index in [1.807, 2.05) is 12.1 Å². The van der Waals surface area contributed by atoms with Gasteiger partial charge >= 0.3 is 5.97 Å². The van der Waals surface area contributed by atoms with Gasteiger partial charge in [-0.05, 0) is 81.7 Å². The quantitative estimate of drug-likeness (QED) is 0.500. The molecule has 3 rings (SSSR count). The van der Waals surface area contributed by atoms with Crippen molar-refractivity contribution in [1.29, 1.82) is 0 Å². The van der Waals surface area contributed by atoms with E-state index in [1.165, 1.54) is 16.7 Å². The largest absolute Gasteiger partial charge is 0.478 e. The van der Waals surface area contributed by atoms with Crippen molar-refractivity contribution in [3.05, 3.63) is 95.1 Å². The monoisotopic (exact) mass is 414 g/mol. The van der Waals surface area contributed by atoms with Crippen LogP contribution in [-0.4, -0.2) is 11.1 Å². The van der Waals surface area contributed by atoms with Crippen LogP contribution in [0.2, 0.25) is 0 Å². The van der Waals surface area contributed by atoms with Crippen LogP contribution in [0, 0.1) is 5.41 Å². The number of carboxylic acids is 1. The number of benzene rings is 2. The summed E-state index contributed by atoms with van der Waals surface area (Å²) in [6.07, 6.45) is 10.3. The summed E-state index contributed by atoms with van der Waals surface area (Å²) in [6.45, 7) is 15.7. The molecule has 0 aliphatic heterocycles. The maximum Gasteiger partial charge on any atom is 0.335 e. The lowest BCUT2D eigenvalue weighted by Gasteiger charge is -2.32. The third-order valence-corrected chi connectivity index (χ3v) is 7.00. The van der Waals surface area contributed by atoms with Gasteiger partial charge in [0, 0.05) is 0 Å². The van der Waals surface area contributed by atoms with Crippen molar-refractivity contribution in [3.63, 3.8) is 0 Å². The zero-order valence-corrected chi connectivity index (χ0v) is 19.5. The first-order valence-corrected chi connectivity index (χ1v) is 11.2.